The van der Waals surface area contributed by atoms with Gasteiger partial charge in [0.1, 0.15) is 6.54 Å². The van der Waals surface area contributed by atoms with Crippen molar-refractivity contribution in [3.8, 4) is 0 Å². The number of oxazole rings is 1. The van der Waals surface area contributed by atoms with Crippen LogP contribution in [0.25, 0.3) is 11.1 Å². The number of carbonyl (C=O) groups is 1. The van der Waals surface area contributed by atoms with Crippen LogP contribution < -0.4 is 5.76 Å². The molecule has 3 heterocycles. The fraction of sp³-hybridized carbons (Fsp3) is 0.500. The number of fused-ring (bicyclic) bond motifs is 1. The molecule has 1 aliphatic heterocycles. The lowest BCUT2D eigenvalue weighted by Crippen LogP contribution is -2.42. The highest BCUT2D eigenvalue weighted by molar-refractivity contribution is 5.79. The Balaban J connectivity index is 1.25. The number of hydrogen-bond donors (Lipinski definition) is 0. The third kappa shape index (κ3) is 3.34. The van der Waals surface area contributed by atoms with Crippen LogP contribution in [0.1, 0.15) is 43.3 Å². The number of para-hydroxylation sites is 2. The lowest BCUT2D eigenvalue weighted by atomic mass is 9.94. The standard InChI is InChI=1S/C20H22N4O4/c25-18(12-24-15-5-1-2-6-16(15)27-20(24)26)23-9-3-4-13(11-23)10-17-21-19(22-28-17)14-7-8-14/h1-2,5-6,13-14H,3-4,7-12H2/t13-/m1/s1. The molecule has 3 aromatic rings. The van der Waals surface area contributed by atoms with Gasteiger partial charge in [-0.25, -0.2) is 4.79 Å². The van der Waals surface area contributed by atoms with E-state index < -0.39 is 5.76 Å². The van der Waals surface area contributed by atoms with Crippen molar-refractivity contribution in [2.75, 3.05) is 13.1 Å². The van der Waals surface area contributed by atoms with Crippen LogP contribution in [0.15, 0.2) is 38.0 Å². The number of piperidine rings is 1. The van der Waals surface area contributed by atoms with Crippen molar-refractivity contribution >= 4 is 17.0 Å². The van der Waals surface area contributed by atoms with E-state index in [2.05, 4.69) is 10.1 Å². The summed E-state index contributed by atoms with van der Waals surface area (Å²) in [6.07, 6.45) is 4.94. The molecule has 0 bridgehead atoms. The topological polar surface area (TPSA) is 94.4 Å². The Morgan fingerprint density at radius 1 is 1.21 bits per heavy atom. The van der Waals surface area contributed by atoms with Gasteiger partial charge in [-0.15, -0.1) is 0 Å². The summed E-state index contributed by atoms with van der Waals surface area (Å²) in [7, 11) is 0. The van der Waals surface area contributed by atoms with Gasteiger partial charge in [0.25, 0.3) is 0 Å². The molecule has 0 spiro atoms. The molecular formula is C20H22N4O4. The van der Waals surface area contributed by atoms with Crippen molar-refractivity contribution in [1.29, 1.82) is 0 Å². The van der Waals surface area contributed by atoms with Crippen LogP contribution in [0.2, 0.25) is 0 Å². The van der Waals surface area contributed by atoms with Crippen LogP contribution >= 0.6 is 0 Å². The van der Waals surface area contributed by atoms with Gasteiger partial charge in [-0.1, -0.05) is 17.3 Å². The lowest BCUT2D eigenvalue weighted by Gasteiger charge is -2.32. The first-order valence-corrected chi connectivity index (χ1v) is 9.86. The highest BCUT2D eigenvalue weighted by Gasteiger charge is 2.30. The van der Waals surface area contributed by atoms with Gasteiger partial charge in [-0.2, -0.15) is 4.98 Å². The van der Waals surface area contributed by atoms with Gasteiger partial charge in [0.05, 0.1) is 5.52 Å². The number of hydrogen-bond acceptors (Lipinski definition) is 6. The zero-order valence-electron chi connectivity index (χ0n) is 15.5. The molecule has 8 nitrogen and oxygen atoms in total. The predicted octanol–water partition coefficient (Wildman–Crippen LogP) is 2.34. The Bertz CT molecular complexity index is 1060. The van der Waals surface area contributed by atoms with Gasteiger partial charge in [0.2, 0.25) is 11.8 Å². The van der Waals surface area contributed by atoms with Gasteiger partial charge < -0.3 is 13.8 Å². The van der Waals surface area contributed by atoms with Crippen molar-refractivity contribution < 1.29 is 13.7 Å². The van der Waals surface area contributed by atoms with E-state index in [4.69, 9.17) is 8.94 Å². The zero-order chi connectivity index (χ0) is 19.1. The molecule has 0 N–H and O–H groups in total. The van der Waals surface area contributed by atoms with E-state index in [9.17, 15) is 9.59 Å². The van der Waals surface area contributed by atoms with Crippen molar-refractivity contribution in [2.24, 2.45) is 5.92 Å². The molecule has 28 heavy (non-hydrogen) atoms. The first-order chi connectivity index (χ1) is 13.7. The number of nitrogens with zero attached hydrogens (tertiary/aromatic N) is 4. The van der Waals surface area contributed by atoms with Crippen LogP contribution in [0.5, 0.6) is 0 Å². The van der Waals surface area contributed by atoms with Crippen LogP contribution in [-0.4, -0.2) is 38.6 Å². The molecule has 5 rings (SSSR count). The highest BCUT2D eigenvalue weighted by Crippen LogP contribution is 2.38. The molecule has 0 unspecified atom stereocenters. The van der Waals surface area contributed by atoms with Gasteiger partial charge in [0, 0.05) is 25.4 Å². The maximum Gasteiger partial charge on any atom is 0.420 e. The van der Waals surface area contributed by atoms with Gasteiger partial charge in [0.15, 0.2) is 11.4 Å². The second-order valence-electron chi connectivity index (χ2n) is 7.79. The average Bonchev–Trinajstić information content (AvgIpc) is 3.38. The highest BCUT2D eigenvalue weighted by atomic mass is 16.5. The largest absolute Gasteiger partial charge is 0.420 e. The third-order valence-electron chi connectivity index (χ3n) is 5.63. The average molecular weight is 382 g/mol. The van der Waals surface area contributed by atoms with Crippen molar-refractivity contribution in [1.82, 2.24) is 19.6 Å². The summed E-state index contributed by atoms with van der Waals surface area (Å²) in [5.41, 5.74) is 1.15. The minimum atomic E-state index is -0.499. The number of amides is 1. The molecule has 1 saturated carbocycles. The van der Waals surface area contributed by atoms with Crippen molar-refractivity contribution in [3.05, 3.63) is 46.5 Å². The molecule has 2 aromatic heterocycles. The fourth-order valence-corrected chi connectivity index (χ4v) is 3.96. The Hall–Kier alpha value is -2.90. The third-order valence-corrected chi connectivity index (χ3v) is 5.63. The normalized spacial score (nSPS) is 20.0. The molecular weight excluding hydrogens is 360 g/mol. The summed E-state index contributed by atoms with van der Waals surface area (Å²) in [6.45, 7) is 1.34. The maximum absolute atomic E-state index is 12.8. The van der Waals surface area contributed by atoms with E-state index >= 15 is 0 Å². The van der Waals surface area contributed by atoms with Crippen LogP contribution in [-0.2, 0) is 17.8 Å². The molecule has 1 saturated heterocycles. The maximum atomic E-state index is 12.8. The summed E-state index contributed by atoms with van der Waals surface area (Å²) in [4.78, 5) is 31.3. The van der Waals surface area contributed by atoms with Gasteiger partial charge >= 0.3 is 5.76 Å². The molecule has 1 aromatic carbocycles. The van der Waals surface area contributed by atoms with E-state index in [0.717, 1.165) is 31.5 Å². The summed E-state index contributed by atoms with van der Waals surface area (Å²) in [6, 6.07) is 7.16. The molecule has 8 heteroatoms. The number of likely N-dealkylation sites (tertiary alicyclic amines) is 1. The van der Waals surface area contributed by atoms with Crippen molar-refractivity contribution in [3.63, 3.8) is 0 Å². The molecule has 1 amide bonds. The minimum absolute atomic E-state index is 0.00501. The van der Waals surface area contributed by atoms with Crippen LogP contribution in [0.3, 0.4) is 0 Å². The first-order valence-electron chi connectivity index (χ1n) is 9.86. The summed E-state index contributed by atoms with van der Waals surface area (Å²) >= 11 is 0. The monoisotopic (exact) mass is 382 g/mol. The predicted molar refractivity (Wildman–Crippen MR) is 99.8 cm³/mol. The Kier molecular flexibility index (Phi) is 4.26. The Morgan fingerprint density at radius 3 is 2.93 bits per heavy atom. The number of benzene rings is 1. The smallest absolute Gasteiger partial charge is 0.408 e. The molecule has 2 aliphatic rings. The van der Waals surface area contributed by atoms with E-state index in [1.165, 1.54) is 4.57 Å². The van der Waals surface area contributed by atoms with Crippen LogP contribution in [0.4, 0.5) is 0 Å². The molecule has 2 fully saturated rings. The number of carbonyl (C=O) groups excluding carboxylic acids is 1. The lowest BCUT2D eigenvalue weighted by molar-refractivity contribution is -0.133. The summed E-state index contributed by atoms with van der Waals surface area (Å²) in [5.74, 6) is 1.69. The van der Waals surface area contributed by atoms with E-state index in [-0.39, 0.29) is 12.5 Å². The quantitative estimate of drug-likeness (QED) is 0.672. The SMILES string of the molecule is O=C(Cn1c(=O)oc2ccccc21)N1CCC[C@H](Cc2nc(C3CC3)no2)C1. The number of rotatable bonds is 5. The second kappa shape index (κ2) is 6.92. The fourth-order valence-electron chi connectivity index (χ4n) is 3.96. The number of aromatic nitrogens is 3. The summed E-state index contributed by atoms with van der Waals surface area (Å²) in [5, 5.41) is 4.07. The Morgan fingerprint density at radius 2 is 2.07 bits per heavy atom. The molecule has 1 atom stereocenters. The molecule has 146 valence electrons. The van der Waals surface area contributed by atoms with E-state index in [1.54, 1.807) is 18.2 Å². The minimum Gasteiger partial charge on any atom is -0.408 e. The van der Waals surface area contributed by atoms with E-state index in [1.807, 2.05) is 11.0 Å². The Labute approximate surface area is 161 Å². The summed E-state index contributed by atoms with van der Waals surface area (Å²) < 4.78 is 12.0. The van der Waals surface area contributed by atoms with E-state index in [0.29, 0.717) is 48.3 Å². The van der Waals surface area contributed by atoms with Gasteiger partial charge in [-0.05, 0) is 43.7 Å². The van der Waals surface area contributed by atoms with Crippen molar-refractivity contribution in [2.45, 2.75) is 44.6 Å². The second-order valence-corrected chi connectivity index (χ2v) is 7.79. The molecule has 1 aliphatic carbocycles. The van der Waals surface area contributed by atoms with Gasteiger partial charge in [-0.3, -0.25) is 9.36 Å². The van der Waals surface area contributed by atoms with Crippen LogP contribution in [0, 0.1) is 5.92 Å². The molecule has 0 radical (unpaired) electrons. The zero-order valence-corrected chi connectivity index (χ0v) is 15.5. The first kappa shape index (κ1) is 17.2.